The van der Waals surface area contributed by atoms with Crippen molar-refractivity contribution < 1.29 is 4.39 Å². The molecule has 3 N–H and O–H groups in total. The molecule has 3 rings (SSSR count). The lowest BCUT2D eigenvalue weighted by atomic mass is 10.1. The van der Waals surface area contributed by atoms with Gasteiger partial charge in [0, 0.05) is 4.88 Å². The number of fused-ring (bicyclic) bond motifs is 1. The van der Waals surface area contributed by atoms with Crippen molar-refractivity contribution in [3.05, 3.63) is 40.5 Å². The molecule has 102 valence electrons. The zero-order chi connectivity index (χ0) is 14.3. The van der Waals surface area contributed by atoms with Gasteiger partial charge in [0.25, 0.3) is 0 Å². The van der Waals surface area contributed by atoms with Crippen LogP contribution in [0.4, 0.5) is 10.2 Å². The fraction of sp³-hybridized carbons (Fsp3) is 0.143. The second-order valence-electron chi connectivity index (χ2n) is 4.48. The number of hydrazine groups is 1. The topological polar surface area (TPSA) is 63.8 Å². The summed E-state index contributed by atoms with van der Waals surface area (Å²) in [4.78, 5) is 10.8. The molecule has 6 heteroatoms. The molecule has 2 aromatic heterocycles. The van der Waals surface area contributed by atoms with Crippen LogP contribution >= 0.6 is 11.3 Å². The number of aromatic nitrogens is 2. The van der Waals surface area contributed by atoms with Crippen LogP contribution in [0, 0.1) is 19.7 Å². The molecule has 0 aliphatic rings. The average molecular weight is 288 g/mol. The largest absolute Gasteiger partial charge is 0.308 e. The van der Waals surface area contributed by atoms with Gasteiger partial charge in [0.15, 0.2) is 11.6 Å². The van der Waals surface area contributed by atoms with E-state index in [1.54, 1.807) is 29.5 Å². The van der Waals surface area contributed by atoms with Crippen molar-refractivity contribution in [2.75, 3.05) is 5.43 Å². The fourth-order valence-electron chi connectivity index (χ4n) is 2.12. The molecule has 0 aliphatic carbocycles. The summed E-state index contributed by atoms with van der Waals surface area (Å²) in [5.74, 6) is 6.06. The first kappa shape index (κ1) is 13.0. The maximum Gasteiger partial charge on any atom is 0.166 e. The molecule has 1 aromatic carbocycles. The summed E-state index contributed by atoms with van der Waals surface area (Å²) in [6.45, 7) is 4.02. The number of rotatable bonds is 2. The predicted octanol–water partition coefficient (Wildman–Crippen LogP) is 3.40. The van der Waals surface area contributed by atoms with Gasteiger partial charge in [-0.1, -0.05) is 12.1 Å². The smallest absolute Gasteiger partial charge is 0.166 e. The Hall–Kier alpha value is -2.05. The molecule has 3 aromatic rings. The first-order valence-electron chi connectivity index (χ1n) is 6.11. The Morgan fingerprint density at radius 2 is 1.95 bits per heavy atom. The second-order valence-corrected chi connectivity index (χ2v) is 5.69. The van der Waals surface area contributed by atoms with Crippen LogP contribution in [-0.4, -0.2) is 9.97 Å². The van der Waals surface area contributed by atoms with E-state index < -0.39 is 0 Å². The molecule has 0 atom stereocenters. The Morgan fingerprint density at radius 1 is 1.20 bits per heavy atom. The number of nitrogen functional groups attached to an aromatic ring is 1. The Balaban J connectivity index is 2.32. The van der Waals surface area contributed by atoms with E-state index in [0.29, 0.717) is 17.2 Å². The molecule has 0 bridgehead atoms. The number of hydrogen-bond donors (Lipinski definition) is 2. The number of anilines is 1. The summed E-state index contributed by atoms with van der Waals surface area (Å²) in [6.07, 6.45) is 0. The molecule has 20 heavy (non-hydrogen) atoms. The van der Waals surface area contributed by atoms with E-state index in [-0.39, 0.29) is 5.82 Å². The van der Waals surface area contributed by atoms with Crippen molar-refractivity contribution in [2.45, 2.75) is 13.8 Å². The van der Waals surface area contributed by atoms with Crippen molar-refractivity contribution in [1.29, 1.82) is 0 Å². The molecule has 0 fully saturated rings. The van der Waals surface area contributed by atoms with Gasteiger partial charge in [-0.25, -0.2) is 20.2 Å². The third kappa shape index (κ3) is 1.93. The molecular weight excluding hydrogens is 275 g/mol. The SMILES string of the molecule is Cc1sc2nc(-c3ccccc3F)nc(NN)c2c1C. The first-order valence-corrected chi connectivity index (χ1v) is 6.92. The van der Waals surface area contributed by atoms with Gasteiger partial charge in [-0.3, -0.25) is 0 Å². The van der Waals surface area contributed by atoms with Gasteiger partial charge in [-0.05, 0) is 31.5 Å². The second kappa shape index (κ2) is 4.81. The van der Waals surface area contributed by atoms with Gasteiger partial charge < -0.3 is 5.43 Å². The highest BCUT2D eigenvalue weighted by molar-refractivity contribution is 7.18. The molecule has 0 aliphatic heterocycles. The number of benzene rings is 1. The van der Waals surface area contributed by atoms with Crippen molar-refractivity contribution in [3.63, 3.8) is 0 Å². The normalized spacial score (nSPS) is 11.0. The third-order valence-electron chi connectivity index (χ3n) is 3.28. The van der Waals surface area contributed by atoms with Gasteiger partial charge in [-0.2, -0.15) is 0 Å². The van der Waals surface area contributed by atoms with Crippen LogP contribution in [-0.2, 0) is 0 Å². The van der Waals surface area contributed by atoms with Crippen LogP contribution < -0.4 is 11.3 Å². The molecular formula is C14H13FN4S. The van der Waals surface area contributed by atoms with Gasteiger partial charge in [0.1, 0.15) is 10.6 Å². The Bertz CT molecular complexity index is 797. The van der Waals surface area contributed by atoms with Gasteiger partial charge in [-0.15, -0.1) is 11.3 Å². The van der Waals surface area contributed by atoms with Gasteiger partial charge in [0.05, 0.1) is 10.9 Å². The lowest BCUT2D eigenvalue weighted by molar-refractivity contribution is 0.630. The number of nitrogens with one attached hydrogen (secondary N) is 1. The van der Waals surface area contributed by atoms with Crippen molar-refractivity contribution >= 4 is 27.4 Å². The van der Waals surface area contributed by atoms with Crippen LogP contribution in [0.2, 0.25) is 0 Å². The predicted molar refractivity (Wildman–Crippen MR) is 80.1 cm³/mol. The number of halogens is 1. The molecule has 0 saturated heterocycles. The fourth-order valence-corrected chi connectivity index (χ4v) is 3.15. The Kier molecular flexibility index (Phi) is 3.11. The maximum atomic E-state index is 13.9. The van der Waals surface area contributed by atoms with E-state index in [4.69, 9.17) is 5.84 Å². The van der Waals surface area contributed by atoms with Crippen LogP contribution in [0.15, 0.2) is 24.3 Å². The lowest BCUT2D eigenvalue weighted by Crippen LogP contribution is -2.10. The van der Waals surface area contributed by atoms with E-state index in [0.717, 1.165) is 20.7 Å². The molecule has 0 saturated carbocycles. The van der Waals surface area contributed by atoms with Crippen LogP contribution in [0.1, 0.15) is 10.4 Å². The molecule has 0 radical (unpaired) electrons. The highest BCUT2D eigenvalue weighted by Gasteiger charge is 2.16. The summed E-state index contributed by atoms with van der Waals surface area (Å²) in [6, 6.07) is 6.44. The molecule has 4 nitrogen and oxygen atoms in total. The van der Waals surface area contributed by atoms with E-state index in [2.05, 4.69) is 15.4 Å². The summed E-state index contributed by atoms with van der Waals surface area (Å²) >= 11 is 1.55. The van der Waals surface area contributed by atoms with Gasteiger partial charge in [0.2, 0.25) is 0 Å². The zero-order valence-corrected chi connectivity index (χ0v) is 11.9. The molecule has 0 spiro atoms. The average Bonchev–Trinajstić information content (AvgIpc) is 2.73. The molecule has 0 unspecified atom stereocenters. The molecule has 2 heterocycles. The van der Waals surface area contributed by atoms with E-state index in [1.165, 1.54) is 6.07 Å². The van der Waals surface area contributed by atoms with Crippen molar-refractivity contribution in [2.24, 2.45) is 5.84 Å². The van der Waals surface area contributed by atoms with E-state index >= 15 is 0 Å². The van der Waals surface area contributed by atoms with Crippen molar-refractivity contribution in [3.8, 4) is 11.4 Å². The number of aryl methyl sites for hydroxylation is 2. The summed E-state index contributed by atoms with van der Waals surface area (Å²) < 4.78 is 13.9. The molecule has 0 amide bonds. The van der Waals surface area contributed by atoms with Crippen LogP contribution in [0.5, 0.6) is 0 Å². The number of nitrogens with two attached hydrogens (primary N) is 1. The minimum Gasteiger partial charge on any atom is -0.308 e. The monoisotopic (exact) mass is 288 g/mol. The Morgan fingerprint density at radius 3 is 2.65 bits per heavy atom. The third-order valence-corrected chi connectivity index (χ3v) is 4.38. The minimum atomic E-state index is -0.347. The summed E-state index contributed by atoms with van der Waals surface area (Å²) in [5, 5.41) is 0.898. The zero-order valence-electron chi connectivity index (χ0n) is 11.1. The highest BCUT2D eigenvalue weighted by atomic mass is 32.1. The quantitative estimate of drug-likeness (QED) is 0.560. The minimum absolute atomic E-state index is 0.338. The maximum absolute atomic E-state index is 13.9. The lowest BCUT2D eigenvalue weighted by Gasteiger charge is -2.06. The van der Waals surface area contributed by atoms with E-state index in [1.807, 2.05) is 13.8 Å². The number of thiophene rings is 1. The number of nitrogens with zero attached hydrogens (tertiary/aromatic N) is 2. The summed E-state index contributed by atoms with van der Waals surface area (Å²) in [7, 11) is 0. The van der Waals surface area contributed by atoms with Gasteiger partial charge >= 0.3 is 0 Å². The highest BCUT2D eigenvalue weighted by Crippen LogP contribution is 2.34. The van der Waals surface area contributed by atoms with E-state index in [9.17, 15) is 4.39 Å². The first-order chi connectivity index (χ1) is 9.61. The Labute approximate surface area is 119 Å². The van der Waals surface area contributed by atoms with Crippen LogP contribution in [0.3, 0.4) is 0 Å². The van der Waals surface area contributed by atoms with Crippen molar-refractivity contribution in [1.82, 2.24) is 9.97 Å². The summed E-state index contributed by atoms with van der Waals surface area (Å²) in [5.41, 5.74) is 4.05. The number of hydrogen-bond acceptors (Lipinski definition) is 5. The standard InChI is InChI=1S/C14H13FN4S/c1-7-8(2)20-14-11(7)13(19-16)17-12(18-14)9-5-3-4-6-10(9)15/h3-6H,16H2,1-2H3,(H,17,18,19). The van der Waals surface area contributed by atoms with Crippen LogP contribution in [0.25, 0.3) is 21.6 Å².